The summed E-state index contributed by atoms with van der Waals surface area (Å²) in [5.41, 5.74) is 2.99. The predicted octanol–water partition coefficient (Wildman–Crippen LogP) is 10.2. The molecule has 3 aliphatic rings. The third kappa shape index (κ3) is 12.0. The summed E-state index contributed by atoms with van der Waals surface area (Å²) in [6, 6.07) is 35.5. The van der Waals surface area contributed by atoms with Crippen molar-refractivity contribution in [2.45, 2.75) is 90.4 Å². The van der Waals surface area contributed by atoms with Crippen LogP contribution in [-0.2, 0) is 41.8 Å². The number of nitriles is 1. The van der Waals surface area contributed by atoms with Crippen LogP contribution in [0.4, 0.5) is 0 Å². The van der Waals surface area contributed by atoms with Crippen LogP contribution in [0.25, 0.3) is 22.6 Å². The first-order valence-electron chi connectivity index (χ1n) is 23.9. The van der Waals surface area contributed by atoms with Gasteiger partial charge < -0.3 is 37.7 Å². The Balaban J connectivity index is 1.26. The smallest absolute Gasteiger partial charge is 0.309 e. The van der Waals surface area contributed by atoms with Gasteiger partial charge in [-0.1, -0.05) is 68.4 Å². The number of fused-ring (bicyclic) bond motifs is 2. The molecule has 0 aromatic heterocycles. The van der Waals surface area contributed by atoms with Crippen molar-refractivity contribution in [1.82, 2.24) is 14.6 Å². The molecule has 15 heteroatoms. The second kappa shape index (κ2) is 23.6. The average Bonchev–Trinajstić information content (AvgIpc) is 3.78. The molecule has 368 valence electrons. The number of ether oxygens (including phenoxy) is 3. The van der Waals surface area contributed by atoms with Crippen molar-refractivity contribution in [2.75, 3.05) is 47.1 Å². The summed E-state index contributed by atoms with van der Waals surface area (Å²) in [5, 5.41) is 19.6. The van der Waals surface area contributed by atoms with E-state index in [9.17, 15) is 20.0 Å². The van der Waals surface area contributed by atoms with E-state index in [2.05, 4.69) is 24.6 Å². The maximum absolute atomic E-state index is 15.0. The van der Waals surface area contributed by atoms with E-state index in [-0.39, 0.29) is 56.8 Å². The van der Waals surface area contributed by atoms with E-state index in [0.717, 1.165) is 48.2 Å². The molecule has 4 aromatic carbocycles. The molecule has 7 rings (SSSR count). The number of amides is 1. The molecule has 0 spiro atoms. The van der Waals surface area contributed by atoms with Crippen LogP contribution in [-0.4, -0.2) is 90.8 Å². The van der Waals surface area contributed by atoms with Crippen LogP contribution in [0.15, 0.2) is 118 Å². The number of carboxylic acids is 1. The Morgan fingerprint density at radius 3 is 2.13 bits per heavy atom. The molecule has 70 heavy (non-hydrogen) atoms. The van der Waals surface area contributed by atoms with E-state index in [4.69, 9.17) is 32.7 Å². The maximum Gasteiger partial charge on any atom is 0.309 e. The normalized spacial score (nSPS) is 15.6. The predicted molar refractivity (Wildman–Crippen MR) is 269 cm³/mol. The van der Waals surface area contributed by atoms with Crippen LogP contribution in [0.2, 0.25) is 0 Å². The Morgan fingerprint density at radius 1 is 0.886 bits per heavy atom. The van der Waals surface area contributed by atoms with Crippen LogP contribution in [0.5, 0.6) is 11.5 Å². The zero-order chi connectivity index (χ0) is 49.8. The van der Waals surface area contributed by atoms with Crippen LogP contribution in [0, 0.1) is 16.7 Å². The van der Waals surface area contributed by atoms with Crippen molar-refractivity contribution >= 4 is 31.5 Å². The highest BCUT2D eigenvalue weighted by Crippen LogP contribution is 2.47. The highest BCUT2D eigenvalue weighted by atomic mass is 31.2. The van der Waals surface area contributed by atoms with Crippen molar-refractivity contribution in [3.63, 3.8) is 0 Å². The molecule has 14 nitrogen and oxygen atoms in total. The zero-order valence-corrected chi connectivity index (χ0v) is 41.8. The van der Waals surface area contributed by atoms with Gasteiger partial charge >= 0.3 is 5.97 Å². The molecule has 3 atom stereocenters. The van der Waals surface area contributed by atoms with Crippen molar-refractivity contribution in [3.05, 3.63) is 147 Å². The number of hydrogen-bond acceptors (Lipinski definition) is 12. The topological polar surface area (TPSA) is 174 Å². The third-order valence-electron chi connectivity index (χ3n) is 12.7. The molecule has 4 aromatic rings. The summed E-state index contributed by atoms with van der Waals surface area (Å²) in [6.45, 7) is 9.67. The highest BCUT2D eigenvalue weighted by molar-refractivity contribution is 7.44. The van der Waals surface area contributed by atoms with E-state index >= 15 is 4.79 Å². The Labute approximate surface area is 411 Å². The first-order valence-corrected chi connectivity index (χ1v) is 25.0. The van der Waals surface area contributed by atoms with Gasteiger partial charge in [-0.15, -0.1) is 0 Å². The zero-order valence-electron chi connectivity index (χ0n) is 40.9. The molecule has 0 bridgehead atoms. The third-order valence-corrected chi connectivity index (χ3v) is 14.4. The monoisotopic (exact) mass is 970 g/mol. The number of methoxy groups -OCH3 is 2. The molecule has 2 heterocycles. The van der Waals surface area contributed by atoms with Gasteiger partial charge in [0, 0.05) is 32.1 Å². The molecule has 1 saturated heterocycles. The van der Waals surface area contributed by atoms with Gasteiger partial charge in [0.05, 0.1) is 57.5 Å². The van der Waals surface area contributed by atoms with E-state index in [1.807, 2.05) is 89.8 Å². The standard InChI is InChI=1S/C55H63N4O10P/c1-7-28-58(29-8-2)70(67-30-12-27-56)69-47-33-43(37-66-55(40-13-10-9-11-14-40,41-16-21-45(64-5)22-17-41)42-18-23-46(65-6)24-19-42)59(36-47)52(61)26-15-38-31-49-50(32-39(38)35-54(3,4)53(62)63)68-51-34-44(60)20-25-48(51)57-49/h9-11,13-14,16-25,31-32,34,43,47H,7-8,12,15,26,28-30,33,35-37H2,1-6H3,(H,62,63). The number of aliphatic carboxylic acids is 1. The second-order valence-electron chi connectivity index (χ2n) is 18.2. The Hall–Kier alpha value is -6.20. The fourth-order valence-corrected chi connectivity index (χ4v) is 10.8. The van der Waals surface area contributed by atoms with Crippen molar-refractivity contribution in [1.29, 1.82) is 5.26 Å². The van der Waals surface area contributed by atoms with E-state index in [1.165, 1.54) is 12.1 Å². The maximum atomic E-state index is 15.0. The largest absolute Gasteiger partial charge is 0.497 e. The summed E-state index contributed by atoms with van der Waals surface area (Å²) < 4.78 is 40.2. The lowest BCUT2D eigenvalue weighted by atomic mass is 9.80. The number of nitrogens with zero attached hydrogens (tertiary/aromatic N) is 4. The molecular formula is C55H63N4O10P. The fraction of sp³-hybridized carbons (Fsp3) is 0.400. The molecule has 1 aliphatic carbocycles. The lowest BCUT2D eigenvalue weighted by Crippen LogP contribution is -2.42. The molecule has 0 saturated carbocycles. The quantitative estimate of drug-likeness (QED) is 0.0263. The van der Waals surface area contributed by atoms with E-state index in [0.29, 0.717) is 46.0 Å². The molecule has 2 aliphatic heterocycles. The van der Waals surface area contributed by atoms with Gasteiger partial charge in [-0.05, 0) is 122 Å². The number of carbonyl (C=O) groups is 2. The SMILES string of the molecule is CCCN(CCC)P(OCCC#N)OC1CC(COC(c2ccccc2)(c2ccc(OC)cc2)c2ccc(OC)cc2)N(C(=O)CCc2cc3nc4ccc(=O)cc-4oc3cc2CC(C)(C)C(=O)O)C1. The van der Waals surface area contributed by atoms with E-state index in [1.54, 1.807) is 40.2 Å². The number of rotatable bonds is 24. The summed E-state index contributed by atoms with van der Waals surface area (Å²) in [5.74, 6) is 0.620. The minimum absolute atomic E-state index is 0.0888. The van der Waals surface area contributed by atoms with Gasteiger partial charge in [-0.3, -0.25) is 14.4 Å². The van der Waals surface area contributed by atoms with Gasteiger partial charge in [-0.25, -0.2) is 9.65 Å². The second-order valence-corrected chi connectivity index (χ2v) is 19.7. The Morgan fingerprint density at radius 2 is 1.53 bits per heavy atom. The minimum atomic E-state index is -1.57. The Kier molecular flexibility index (Phi) is 17.4. The summed E-state index contributed by atoms with van der Waals surface area (Å²) in [6.07, 6.45) is 2.55. The number of aromatic nitrogens is 1. The average molecular weight is 971 g/mol. The lowest BCUT2D eigenvalue weighted by Gasteiger charge is -2.38. The number of benzene rings is 5. The Bertz CT molecular complexity index is 2710. The van der Waals surface area contributed by atoms with Crippen molar-refractivity contribution < 1.29 is 42.4 Å². The van der Waals surface area contributed by atoms with Gasteiger partial charge in [0.25, 0.3) is 8.53 Å². The van der Waals surface area contributed by atoms with Crippen LogP contribution < -0.4 is 14.9 Å². The number of likely N-dealkylation sites (tertiary alicyclic amines) is 1. The van der Waals surface area contributed by atoms with Crippen LogP contribution in [0.1, 0.15) is 87.6 Å². The minimum Gasteiger partial charge on any atom is -0.497 e. The van der Waals surface area contributed by atoms with Gasteiger partial charge in [0.2, 0.25) is 5.91 Å². The van der Waals surface area contributed by atoms with E-state index < -0.39 is 37.7 Å². The van der Waals surface area contributed by atoms with Gasteiger partial charge in [0.15, 0.2) is 16.8 Å². The van der Waals surface area contributed by atoms with Gasteiger partial charge in [-0.2, -0.15) is 5.26 Å². The molecule has 1 amide bonds. The van der Waals surface area contributed by atoms with Gasteiger partial charge in [0.1, 0.15) is 28.3 Å². The highest BCUT2D eigenvalue weighted by Gasteiger charge is 2.43. The fourth-order valence-electron chi connectivity index (χ4n) is 9.05. The number of aryl methyl sites for hydroxylation is 1. The molecule has 0 radical (unpaired) electrons. The van der Waals surface area contributed by atoms with Crippen molar-refractivity contribution in [3.8, 4) is 29.0 Å². The lowest BCUT2D eigenvalue weighted by molar-refractivity contribution is -0.146. The number of carbonyl (C=O) groups excluding carboxylic acids is 1. The molecular weight excluding hydrogens is 908 g/mol. The summed E-state index contributed by atoms with van der Waals surface area (Å²) in [4.78, 5) is 46.3. The number of carboxylic acid groups (broad SMARTS) is 1. The molecule has 3 unspecified atom stereocenters. The first-order chi connectivity index (χ1) is 33.8. The van der Waals surface area contributed by atoms with Crippen molar-refractivity contribution in [2.24, 2.45) is 5.41 Å². The summed E-state index contributed by atoms with van der Waals surface area (Å²) >= 11 is 0. The molecule has 1 fully saturated rings. The number of hydrogen-bond donors (Lipinski definition) is 1. The van der Waals surface area contributed by atoms with Crippen LogP contribution >= 0.6 is 8.53 Å². The summed E-state index contributed by atoms with van der Waals surface area (Å²) in [7, 11) is 1.69. The van der Waals surface area contributed by atoms with Crippen LogP contribution in [0.3, 0.4) is 0 Å². The first kappa shape index (κ1) is 51.6. The molecule has 1 N–H and O–H groups in total.